The number of nitrogens with zero attached hydrogens (tertiary/aromatic N) is 4. The van der Waals surface area contributed by atoms with E-state index in [9.17, 15) is 4.79 Å². The van der Waals surface area contributed by atoms with Gasteiger partial charge in [0.2, 0.25) is 16.9 Å². The van der Waals surface area contributed by atoms with Crippen LogP contribution in [0.1, 0.15) is 0 Å². The van der Waals surface area contributed by atoms with Crippen LogP contribution in [0.4, 0.5) is 5.69 Å². The third-order valence-electron chi connectivity index (χ3n) is 4.59. The molecule has 148 valence electrons. The van der Waals surface area contributed by atoms with Crippen molar-refractivity contribution in [3.8, 4) is 11.5 Å². The Morgan fingerprint density at radius 1 is 0.967 bits per heavy atom. The second-order valence-electron chi connectivity index (χ2n) is 6.65. The third kappa shape index (κ3) is 3.60. The molecule has 0 saturated carbocycles. The Bertz CT molecular complexity index is 1260. The zero-order valence-electron chi connectivity index (χ0n) is 15.9. The molecule has 0 unspecified atom stereocenters. The van der Waals surface area contributed by atoms with Gasteiger partial charge in [0.15, 0.2) is 0 Å². The standard InChI is InChI=1S/C22H18N6OS/c29-20(23-17-9-2-1-3-10-17)15-30-22-26-25-21(28(22)27-12-6-7-13-27)19-14-16-8-4-5-11-18(16)24-19/h1-14,24H,15H2,(H,23,29). The Balaban J connectivity index is 1.43. The Labute approximate surface area is 176 Å². The van der Waals surface area contributed by atoms with Crippen LogP contribution in [0.5, 0.6) is 0 Å². The first kappa shape index (κ1) is 18.3. The zero-order valence-corrected chi connectivity index (χ0v) is 16.7. The quantitative estimate of drug-likeness (QED) is 0.407. The molecule has 5 rings (SSSR count). The topological polar surface area (TPSA) is 80.5 Å². The fourth-order valence-corrected chi connectivity index (χ4v) is 3.97. The molecule has 30 heavy (non-hydrogen) atoms. The SMILES string of the molecule is O=C(CSc1nnc(-c2cc3ccccc3[nH]2)n1-n1cccc1)Nc1ccccc1. The molecule has 0 fully saturated rings. The van der Waals surface area contributed by atoms with Crippen LogP contribution in [0.15, 0.2) is 90.3 Å². The first-order chi connectivity index (χ1) is 14.8. The van der Waals surface area contributed by atoms with Gasteiger partial charge in [-0.05, 0) is 36.4 Å². The number of hydrogen-bond acceptors (Lipinski definition) is 4. The van der Waals surface area contributed by atoms with Crippen molar-refractivity contribution in [1.82, 2.24) is 24.5 Å². The molecule has 3 heterocycles. The molecule has 2 aromatic carbocycles. The Morgan fingerprint density at radius 3 is 2.53 bits per heavy atom. The number of hydrogen-bond donors (Lipinski definition) is 2. The van der Waals surface area contributed by atoms with Gasteiger partial charge in [0.1, 0.15) is 0 Å². The summed E-state index contributed by atoms with van der Waals surface area (Å²) in [6.07, 6.45) is 3.84. The summed E-state index contributed by atoms with van der Waals surface area (Å²) in [6.45, 7) is 0. The number of rotatable bonds is 6. The minimum absolute atomic E-state index is 0.0968. The van der Waals surface area contributed by atoms with E-state index >= 15 is 0 Å². The van der Waals surface area contributed by atoms with E-state index in [-0.39, 0.29) is 11.7 Å². The highest BCUT2D eigenvalue weighted by atomic mass is 32.2. The average Bonchev–Trinajstić information content (AvgIpc) is 3.51. The number of aromatic amines is 1. The summed E-state index contributed by atoms with van der Waals surface area (Å²) in [7, 11) is 0. The first-order valence-electron chi connectivity index (χ1n) is 9.43. The molecule has 0 aliphatic carbocycles. The van der Waals surface area contributed by atoms with Crippen molar-refractivity contribution in [3.05, 3.63) is 85.2 Å². The number of carbonyl (C=O) groups excluding carboxylic acids is 1. The number of aromatic nitrogens is 5. The number of anilines is 1. The maximum atomic E-state index is 12.4. The second kappa shape index (κ2) is 7.92. The monoisotopic (exact) mass is 414 g/mol. The van der Waals surface area contributed by atoms with Crippen molar-refractivity contribution >= 4 is 34.3 Å². The molecule has 0 aliphatic heterocycles. The fourth-order valence-electron chi connectivity index (χ4n) is 3.23. The van der Waals surface area contributed by atoms with Gasteiger partial charge in [0.25, 0.3) is 0 Å². The van der Waals surface area contributed by atoms with E-state index in [1.807, 2.05) is 82.4 Å². The predicted molar refractivity (Wildman–Crippen MR) is 118 cm³/mol. The van der Waals surface area contributed by atoms with Gasteiger partial charge in [-0.15, -0.1) is 10.2 Å². The van der Waals surface area contributed by atoms with Crippen LogP contribution in [-0.2, 0) is 4.79 Å². The van der Waals surface area contributed by atoms with E-state index in [1.54, 1.807) is 0 Å². The van der Waals surface area contributed by atoms with E-state index in [0.29, 0.717) is 11.0 Å². The van der Waals surface area contributed by atoms with Gasteiger partial charge < -0.3 is 10.3 Å². The van der Waals surface area contributed by atoms with Gasteiger partial charge in [0, 0.05) is 29.0 Å². The van der Waals surface area contributed by atoms with E-state index in [2.05, 4.69) is 32.6 Å². The number of nitrogens with one attached hydrogen (secondary N) is 2. The molecular formula is C22H18N6OS. The number of carbonyl (C=O) groups is 1. The summed E-state index contributed by atoms with van der Waals surface area (Å²) in [5.74, 6) is 0.801. The van der Waals surface area contributed by atoms with E-state index < -0.39 is 0 Å². The summed E-state index contributed by atoms with van der Waals surface area (Å²) >= 11 is 1.34. The smallest absolute Gasteiger partial charge is 0.234 e. The lowest BCUT2D eigenvalue weighted by Gasteiger charge is -2.10. The maximum absolute atomic E-state index is 12.4. The molecule has 5 aromatic rings. The van der Waals surface area contributed by atoms with Crippen LogP contribution in [0, 0.1) is 0 Å². The summed E-state index contributed by atoms with van der Waals surface area (Å²) in [5, 5.41) is 13.4. The fraction of sp³-hybridized carbons (Fsp3) is 0.0455. The molecule has 8 heteroatoms. The van der Waals surface area contributed by atoms with Crippen LogP contribution >= 0.6 is 11.8 Å². The summed E-state index contributed by atoms with van der Waals surface area (Å²) in [4.78, 5) is 15.8. The second-order valence-corrected chi connectivity index (χ2v) is 7.60. The number of amides is 1. The van der Waals surface area contributed by atoms with Crippen molar-refractivity contribution in [1.29, 1.82) is 0 Å². The third-order valence-corrected chi connectivity index (χ3v) is 5.51. The number of fused-ring (bicyclic) bond motifs is 1. The van der Waals surface area contributed by atoms with Gasteiger partial charge >= 0.3 is 0 Å². The lowest BCUT2D eigenvalue weighted by atomic mass is 10.2. The largest absolute Gasteiger partial charge is 0.352 e. The van der Waals surface area contributed by atoms with Gasteiger partial charge in [-0.3, -0.25) is 9.47 Å². The maximum Gasteiger partial charge on any atom is 0.234 e. The van der Waals surface area contributed by atoms with Crippen LogP contribution in [0.3, 0.4) is 0 Å². The molecule has 0 saturated heterocycles. The van der Waals surface area contributed by atoms with E-state index in [1.165, 1.54) is 11.8 Å². The van der Waals surface area contributed by atoms with Gasteiger partial charge in [-0.1, -0.05) is 48.2 Å². The Hall–Kier alpha value is -3.78. The number of para-hydroxylation sites is 2. The van der Waals surface area contributed by atoms with Crippen molar-refractivity contribution in [2.75, 3.05) is 11.1 Å². The van der Waals surface area contributed by atoms with Gasteiger partial charge in [-0.2, -0.15) is 0 Å². The van der Waals surface area contributed by atoms with Crippen LogP contribution in [0.2, 0.25) is 0 Å². The lowest BCUT2D eigenvalue weighted by Crippen LogP contribution is -2.15. The normalized spacial score (nSPS) is 11.1. The molecular weight excluding hydrogens is 396 g/mol. The van der Waals surface area contributed by atoms with Gasteiger partial charge in [0.05, 0.1) is 11.4 Å². The van der Waals surface area contributed by atoms with Crippen LogP contribution in [0.25, 0.3) is 22.4 Å². The highest BCUT2D eigenvalue weighted by Crippen LogP contribution is 2.27. The Morgan fingerprint density at radius 2 is 1.73 bits per heavy atom. The zero-order chi connectivity index (χ0) is 20.3. The number of thioether (sulfide) groups is 1. The van der Waals surface area contributed by atoms with Crippen molar-refractivity contribution in [2.24, 2.45) is 0 Å². The Kier molecular flexibility index (Phi) is 4.82. The molecule has 0 spiro atoms. The minimum Gasteiger partial charge on any atom is -0.352 e. The van der Waals surface area contributed by atoms with Crippen molar-refractivity contribution in [2.45, 2.75) is 5.16 Å². The van der Waals surface area contributed by atoms with Crippen molar-refractivity contribution in [3.63, 3.8) is 0 Å². The highest BCUT2D eigenvalue weighted by Gasteiger charge is 2.18. The molecule has 1 amide bonds. The predicted octanol–water partition coefficient (Wildman–Crippen LogP) is 4.27. The van der Waals surface area contributed by atoms with E-state index in [0.717, 1.165) is 22.3 Å². The highest BCUT2D eigenvalue weighted by molar-refractivity contribution is 7.99. The first-order valence-corrected chi connectivity index (χ1v) is 10.4. The minimum atomic E-state index is -0.0968. The van der Waals surface area contributed by atoms with Crippen LogP contribution in [-0.4, -0.2) is 36.2 Å². The molecule has 7 nitrogen and oxygen atoms in total. The summed E-state index contributed by atoms with van der Waals surface area (Å²) in [5.41, 5.74) is 2.66. The number of H-pyrrole nitrogens is 1. The summed E-state index contributed by atoms with van der Waals surface area (Å²) in [6, 6.07) is 23.4. The average molecular weight is 414 g/mol. The molecule has 0 atom stereocenters. The van der Waals surface area contributed by atoms with Crippen molar-refractivity contribution < 1.29 is 4.79 Å². The number of benzene rings is 2. The molecule has 0 aliphatic rings. The van der Waals surface area contributed by atoms with Crippen LogP contribution < -0.4 is 5.32 Å². The summed E-state index contributed by atoms with van der Waals surface area (Å²) < 4.78 is 3.80. The lowest BCUT2D eigenvalue weighted by molar-refractivity contribution is -0.113. The molecule has 0 radical (unpaired) electrons. The van der Waals surface area contributed by atoms with E-state index in [4.69, 9.17) is 0 Å². The molecule has 2 N–H and O–H groups in total. The van der Waals surface area contributed by atoms with Gasteiger partial charge in [-0.25, -0.2) is 4.68 Å². The molecule has 3 aromatic heterocycles. The molecule has 0 bridgehead atoms.